The molecule has 0 bridgehead atoms. The fraction of sp³-hybridized carbons (Fsp3) is 0.125. The van der Waals surface area contributed by atoms with Crippen LogP contribution in [0, 0.1) is 20.6 Å². The summed E-state index contributed by atoms with van der Waals surface area (Å²) in [5.74, 6) is 0. The van der Waals surface area contributed by atoms with Crippen LogP contribution in [0.3, 0.4) is 0 Å². The number of hydrogen-bond donors (Lipinski definition) is 0. The standard InChI is InChI=1S/C16H14IN5O4S/c1-11-3-4-14(22(23)24)8-16(11)27(25,26)20(2)18-9-12-10-19-21-6-5-13(17)7-15(12)21/h3-10H,1-2H3/b18-9-. The Morgan fingerprint density at radius 2 is 2.07 bits per heavy atom. The van der Waals surface area contributed by atoms with E-state index < -0.39 is 14.9 Å². The molecule has 27 heavy (non-hydrogen) atoms. The van der Waals surface area contributed by atoms with Gasteiger partial charge < -0.3 is 0 Å². The molecule has 9 nitrogen and oxygen atoms in total. The first kappa shape index (κ1) is 19.2. The number of nitro benzene ring substituents is 1. The maximum absolute atomic E-state index is 12.8. The van der Waals surface area contributed by atoms with E-state index in [0.717, 1.165) is 19.6 Å². The van der Waals surface area contributed by atoms with Crippen molar-refractivity contribution in [1.82, 2.24) is 14.0 Å². The molecule has 2 heterocycles. The van der Waals surface area contributed by atoms with Crippen molar-refractivity contribution in [3.8, 4) is 0 Å². The first-order chi connectivity index (χ1) is 12.7. The molecule has 0 saturated carbocycles. The lowest BCUT2D eigenvalue weighted by molar-refractivity contribution is -0.385. The van der Waals surface area contributed by atoms with Gasteiger partial charge in [-0.1, -0.05) is 6.07 Å². The number of benzene rings is 1. The third-order valence-electron chi connectivity index (χ3n) is 3.88. The molecule has 0 spiro atoms. The Balaban J connectivity index is 1.96. The lowest BCUT2D eigenvalue weighted by Gasteiger charge is -2.15. The van der Waals surface area contributed by atoms with E-state index >= 15 is 0 Å². The highest BCUT2D eigenvalue weighted by molar-refractivity contribution is 14.1. The number of nitrogens with zero attached hydrogens (tertiary/aromatic N) is 5. The van der Waals surface area contributed by atoms with Crippen LogP contribution in [0.15, 0.2) is 52.7 Å². The Morgan fingerprint density at radius 3 is 2.78 bits per heavy atom. The molecular formula is C16H14IN5O4S. The molecule has 0 aliphatic rings. The van der Waals surface area contributed by atoms with Crippen LogP contribution in [0.2, 0.25) is 0 Å². The largest absolute Gasteiger partial charge is 0.279 e. The zero-order valence-corrected chi connectivity index (χ0v) is 17.2. The Bertz CT molecular complexity index is 1170. The molecule has 3 rings (SSSR count). The Morgan fingerprint density at radius 1 is 1.33 bits per heavy atom. The van der Waals surface area contributed by atoms with Crippen LogP contribution in [0.5, 0.6) is 0 Å². The summed E-state index contributed by atoms with van der Waals surface area (Å²) in [5, 5.41) is 19.1. The van der Waals surface area contributed by atoms with Gasteiger partial charge in [0, 0.05) is 34.5 Å². The first-order valence-corrected chi connectivity index (χ1v) is 10.1. The van der Waals surface area contributed by atoms with Crippen molar-refractivity contribution < 1.29 is 13.3 Å². The van der Waals surface area contributed by atoms with Crippen LogP contribution in [0.4, 0.5) is 5.69 Å². The second kappa shape index (κ2) is 7.23. The molecule has 0 saturated heterocycles. The SMILES string of the molecule is Cc1ccc([N+](=O)[O-])cc1S(=O)(=O)N(C)/N=C\c1cnn2ccc(I)cc12. The highest BCUT2D eigenvalue weighted by Gasteiger charge is 2.24. The molecule has 0 radical (unpaired) electrons. The average molecular weight is 499 g/mol. The number of nitro groups is 1. The predicted octanol–water partition coefficient (Wildman–Crippen LogP) is 2.81. The highest BCUT2D eigenvalue weighted by Crippen LogP contribution is 2.24. The van der Waals surface area contributed by atoms with Gasteiger partial charge >= 0.3 is 0 Å². The Kier molecular flexibility index (Phi) is 5.15. The topological polar surface area (TPSA) is 110 Å². The maximum Gasteiger partial charge on any atom is 0.279 e. The van der Waals surface area contributed by atoms with Crippen molar-refractivity contribution in [2.75, 3.05) is 7.05 Å². The highest BCUT2D eigenvalue weighted by atomic mass is 127. The summed E-state index contributed by atoms with van der Waals surface area (Å²) in [7, 11) is -2.76. The van der Waals surface area contributed by atoms with E-state index in [-0.39, 0.29) is 10.6 Å². The van der Waals surface area contributed by atoms with Gasteiger partial charge in [-0.05, 0) is 47.2 Å². The second-order valence-electron chi connectivity index (χ2n) is 5.67. The van der Waals surface area contributed by atoms with Crippen molar-refractivity contribution in [2.45, 2.75) is 11.8 Å². The van der Waals surface area contributed by atoms with Crippen molar-refractivity contribution >= 4 is 50.0 Å². The van der Waals surface area contributed by atoms with E-state index in [1.165, 1.54) is 25.4 Å². The van der Waals surface area contributed by atoms with Crippen LogP contribution in [0.25, 0.3) is 5.52 Å². The summed E-state index contributed by atoms with van der Waals surface area (Å²) < 4.78 is 29.0. The minimum absolute atomic E-state index is 0.161. The van der Waals surface area contributed by atoms with E-state index in [1.54, 1.807) is 23.8 Å². The zero-order valence-electron chi connectivity index (χ0n) is 14.3. The molecule has 140 valence electrons. The van der Waals surface area contributed by atoms with Crippen molar-refractivity contribution in [3.05, 3.63) is 67.5 Å². The summed E-state index contributed by atoms with van der Waals surface area (Å²) in [6, 6.07) is 7.49. The van der Waals surface area contributed by atoms with Crippen LogP contribution in [0.1, 0.15) is 11.1 Å². The van der Waals surface area contributed by atoms with Crippen LogP contribution in [-0.4, -0.2) is 40.6 Å². The smallest absolute Gasteiger partial charge is 0.258 e. The third-order valence-corrected chi connectivity index (χ3v) is 6.34. The normalized spacial score (nSPS) is 12.0. The van der Waals surface area contributed by atoms with E-state index in [9.17, 15) is 18.5 Å². The molecule has 0 amide bonds. The molecule has 3 aromatic rings. The number of aromatic nitrogens is 2. The number of fused-ring (bicyclic) bond motifs is 1. The van der Waals surface area contributed by atoms with Crippen molar-refractivity contribution in [2.24, 2.45) is 5.10 Å². The summed E-state index contributed by atoms with van der Waals surface area (Å²) in [5.41, 5.74) is 1.52. The third kappa shape index (κ3) is 3.78. The van der Waals surface area contributed by atoms with Crippen LogP contribution in [-0.2, 0) is 10.0 Å². The quantitative estimate of drug-likeness (QED) is 0.232. The number of rotatable bonds is 5. The van der Waals surface area contributed by atoms with Crippen molar-refractivity contribution in [3.63, 3.8) is 0 Å². The molecular weight excluding hydrogens is 485 g/mol. The molecule has 11 heteroatoms. The summed E-state index contributed by atoms with van der Waals surface area (Å²) in [6.45, 7) is 1.57. The van der Waals surface area contributed by atoms with E-state index in [1.807, 2.05) is 12.1 Å². The minimum atomic E-state index is -4.04. The van der Waals surface area contributed by atoms with Crippen LogP contribution >= 0.6 is 22.6 Å². The van der Waals surface area contributed by atoms with Gasteiger partial charge in [-0.3, -0.25) is 10.1 Å². The van der Waals surface area contributed by atoms with Gasteiger partial charge in [0.2, 0.25) is 0 Å². The van der Waals surface area contributed by atoms with Gasteiger partial charge in [0.25, 0.3) is 15.7 Å². The lowest BCUT2D eigenvalue weighted by Crippen LogP contribution is -2.22. The van der Waals surface area contributed by atoms with Gasteiger partial charge in [0.1, 0.15) is 0 Å². The van der Waals surface area contributed by atoms with E-state index in [2.05, 4.69) is 32.8 Å². The van der Waals surface area contributed by atoms with Gasteiger partial charge in [0.15, 0.2) is 0 Å². The number of hydrazone groups is 1. The number of pyridine rings is 1. The number of non-ortho nitro benzene ring substituents is 1. The van der Waals surface area contributed by atoms with Gasteiger partial charge in [-0.15, -0.1) is 0 Å². The molecule has 0 fully saturated rings. The monoisotopic (exact) mass is 499 g/mol. The summed E-state index contributed by atoms with van der Waals surface area (Å²) in [4.78, 5) is 10.2. The molecule has 0 unspecified atom stereocenters. The van der Waals surface area contributed by atoms with E-state index in [4.69, 9.17) is 0 Å². The number of halogens is 1. The zero-order chi connectivity index (χ0) is 19.8. The lowest BCUT2D eigenvalue weighted by atomic mass is 10.2. The average Bonchev–Trinajstić information content (AvgIpc) is 3.01. The molecule has 0 N–H and O–H groups in total. The molecule has 0 atom stereocenters. The fourth-order valence-electron chi connectivity index (χ4n) is 2.40. The molecule has 1 aromatic carbocycles. The maximum atomic E-state index is 12.8. The van der Waals surface area contributed by atoms with Gasteiger partial charge in [0.05, 0.1) is 27.7 Å². The van der Waals surface area contributed by atoms with E-state index in [0.29, 0.717) is 11.1 Å². The molecule has 0 aliphatic carbocycles. The minimum Gasteiger partial charge on any atom is -0.258 e. The fourth-order valence-corrected chi connectivity index (χ4v) is 4.06. The Labute approximate surface area is 168 Å². The summed E-state index contributed by atoms with van der Waals surface area (Å²) in [6.07, 6.45) is 4.76. The van der Waals surface area contributed by atoms with Crippen LogP contribution < -0.4 is 0 Å². The molecule has 2 aromatic heterocycles. The van der Waals surface area contributed by atoms with Gasteiger partial charge in [-0.25, -0.2) is 4.52 Å². The summed E-state index contributed by atoms with van der Waals surface area (Å²) >= 11 is 2.17. The number of sulfonamides is 1. The first-order valence-electron chi connectivity index (χ1n) is 7.61. The van der Waals surface area contributed by atoms with Gasteiger partial charge in [-0.2, -0.15) is 23.0 Å². The second-order valence-corrected chi connectivity index (χ2v) is 8.83. The number of aryl methyl sites for hydroxylation is 1. The molecule has 0 aliphatic heterocycles. The Hall–Kier alpha value is -2.54. The predicted molar refractivity (Wildman–Crippen MR) is 108 cm³/mol. The number of hydrogen-bond acceptors (Lipinski definition) is 6. The van der Waals surface area contributed by atoms with Crippen molar-refractivity contribution in [1.29, 1.82) is 0 Å².